The maximum Gasteiger partial charge on any atom is 0.173 e. The van der Waals surface area contributed by atoms with Gasteiger partial charge in [-0.1, -0.05) is 36.4 Å². The molecule has 1 saturated heterocycles. The number of piperidine rings is 1. The number of aryl methyl sites for hydroxylation is 2. The average Bonchev–Trinajstić information content (AvgIpc) is 3.36. The van der Waals surface area contributed by atoms with Crippen LogP contribution in [0, 0.1) is 0 Å². The zero-order valence-corrected chi connectivity index (χ0v) is 15.4. The van der Waals surface area contributed by atoms with Crippen molar-refractivity contribution in [3.05, 3.63) is 64.1 Å². The quantitative estimate of drug-likeness (QED) is 0.723. The smallest absolute Gasteiger partial charge is 0.173 e. The first-order valence-electron chi connectivity index (χ1n) is 9.07. The van der Waals surface area contributed by atoms with E-state index in [2.05, 4.69) is 62.2 Å². The van der Waals surface area contributed by atoms with Crippen molar-refractivity contribution in [2.45, 2.75) is 38.0 Å². The van der Waals surface area contributed by atoms with Crippen LogP contribution in [0.3, 0.4) is 0 Å². The van der Waals surface area contributed by atoms with Crippen molar-refractivity contribution in [3.63, 3.8) is 0 Å². The maximum absolute atomic E-state index is 9.87. The van der Waals surface area contributed by atoms with Crippen LogP contribution in [0.4, 0.5) is 0 Å². The summed E-state index contributed by atoms with van der Waals surface area (Å²) in [6.45, 7) is 2.47. The molecule has 0 saturated carbocycles. The molecule has 1 aliphatic heterocycles. The second-order valence-corrected chi connectivity index (χ2v) is 7.66. The number of benzene rings is 1. The Kier molecular flexibility index (Phi) is 5.38. The molecular formula is C19H23N5OS. The molecule has 0 bridgehead atoms. The van der Waals surface area contributed by atoms with Crippen molar-refractivity contribution in [2.24, 2.45) is 0 Å². The lowest BCUT2D eigenvalue weighted by Crippen LogP contribution is -2.39. The average molecular weight is 369 g/mol. The summed E-state index contributed by atoms with van der Waals surface area (Å²) >= 11 is 1.73. The molecule has 0 aliphatic carbocycles. The zero-order valence-electron chi connectivity index (χ0n) is 14.6. The van der Waals surface area contributed by atoms with Gasteiger partial charge in [0, 0.05) is 24.5 Å². The fourth-order valence-electron chi connectivity index (χ4n) is 3.51. The van der Waals surface area contributed by atoms with Crippen molar-refractivity contribution in [2.75, 3.05) is 13.1 Å². The van der Waals surface area contributed by atoms with E-state index in [0.717, 1.165) is 44.7 Å². The van der Waals surface area contributed by atoms with Crippen molar-refractivity contribution in [1.29, 1.82) is 0 Å². The fourth-order valence-corrected chi connectivity index (χ4v) is 4.36. The summed E-state index contributed by atoms with van der Waals surface area (Å²) in [5, 5.41) is 24.6. The van der Waals surface area contributed by atoms with E-state index in [1.54, 1.807) is 11.3 Å². The van der Waals surface area contributed by atoms with E-state index in [1.807, 2.05) is 10.7 Å². The minimum Gasteiger partial charge on any atom is -0.393 e. The predicted molar refractivity (Wildman–Crippen MR) is 101 cm³/mol. The molecule has 3 aromatic rings. The molecule has 0 spiro atoms. The normalized spacial score (nSPS) is 17.4. The van der Waals surface area contributed by atoms with Gasteiger partial charge in [0.25, 0.3) is 0 Å². The predicted octanol–water partition coefficient (Wildman–Crippen LogP) is 2.52. The molecule has 1 aromatic carbocycles. The number of aromatic nitrogens is 4. The number of likely N-dealkylation sites (tertiary alicyclic amines) is 1. The van der Waals surface area contributed by atoms with E-state index in [-0.39, 0.29) is 12.1 Å². The van der Waals surface area contributed by atoms with Crippen molar-refractivity contribution < 1.29 is 5.11 Å². The molecule has 136 valence electrons. The summed E-state index contributed by atoms with van der Waals surface area (Å²) in [6, 6.07) is 14.7. The number of aliphatic hydroxyl groups excluding tert-OH is 1. The van der Waals surface area contributed by atoms with Crippen LogP contribution in [-0.4, -0.2) is 49.4 Å². The Morgan fingerprint density at radius 1 is 1.12 bits per heavy atom. The zero-order chi connectivity index (χ0) is 17.8. The highest BCUT2D eigenvalue weighted by molar-refractivity contribution is 7.10. The number of aliphatic hydroxyl groups is 1. The number of tetrazole rings is 1. The number of rotatable bonds is 6. The van der Waals surface area contributed by atoms with E-state index < -0.39 is 0 Å². The highest BCUT2D eigenvalue weighted by Crippen LogP contribution is 2.32. The summed E-state index contributed by atoms with van der Waals surface area (Å²) < 4.78 is 1.93. The molecule has 0 amide bonds. The van der Waals surface area contributed by atoms with Gasteiger partial charge >= 0.3 is 0 Å². The highest BCUT2D eigenvalue weighted by Gasteiger charge is 2.31. The Hall–Kier alpha value is -2.09. The minimum atomic E-state index is -0.190. The van der Waals surface area contributed by atoms with E-state index in [0.29, 0.717) is 0 Å². The van der Waals surface area contributed by atoms with Gasteiger partial charge in [-0.3, -0.25) is 4.90 Å². The molecular weight excluding hydrogens is 346 g/mol. The Labute approximate surface area is 157 Å². The number of hydrogen-bond donors (Lipinski definition) is 1. The molecule has 1 fully saturated rings. The molecule has 1 aliphatic rings. The lowest BCUT2D eigenvalue weighted by atomic mass is 10.0. The van der Waals surface area contributed by atoms with Crippen molar-refractivity contribution >= 4 is 11.3 Å². The molecule has 4 rings (SSSR count). The lowest BCUT2D eigenvalue weighted by Gasteiger charge is -2.35. The van der Waals surface area contributed by atoms with Crippen LogP contribution in [-0.2, 0) is 13.0 Å². The molecule has 2 aromatic heterocycles. The van der Waals surface area contributed by atoms with Crippen LogP contribution < -0.4 is 0 Å². The Morgan fingerprint density at radius 3 is 2.65 bits per heavy atom. The monoisotopic (exact) mass is 369 g/mol. The topological polar surface area (TPSA) is 67.1 Å². The van der Waals surface area contributed by atoms with Crippen molar-refractivity contribution in [1.82, 2.24) is 25.1 Å². The maximum atomic E-state index is 9.87. The van der Waals surface area contributed by atoms with Gasteiger partial charge in [-0.2, -0.15) is 0 Å². The van der Waals surface area contributed by atoms with E-state index in [4.69, 9.17) is 0 Å². The molecule has 26 heavy (non-hydrogen) atoms. The first-order valence-corrected chi connectivity index (χ1v) is 9.95. The number of nitrogens with zero attached hydrogens (tertiary/aromatic N) is 5. The van der Waals surface area contributed by atoms with Crippen molar-refractivity contribution in [3.8, 4) is 0 Å². The largest absolute Gasteiger partial charge is 0.393 e. The molecule has 0 radical (unpaired) electrons. The molecule has 0 unspecified atom stereocenters. The second-order valence-electron chi connectivity index (χ2n) is 6.68. The first-order chi connectivity index (χ1) is 12.8. The Morgan fingerprint density at radius 2 is 1.92 bits per heavy atom. The van der Waals surface area contributed by atoms with Crippen LogP contribution in [0.25, 0.3) is 0 Å². The standard InChI is InChI=1S/C19H23N5OS/c25-16-9-11-23(12-10-16)18(17-7-4-14-26-17)19-20-21-22-24(19)13-8-15-5-2-1-3-6-15/h1-7,14,16,18,25H,8-13H2/t18-/m1/s1. The van der Waals surface area contributed by atoms with Gasteiger partial charge in [-0.25, -0.2) is 4.68 Å². The van der Waals surface area contributed by atoms with Gasteiger partial charge in [0.15, 0.2) is 5.82 Å². The van der Waals surface area contributed by atoms with Crippen LogP contribution in [0.1, 0.15) is 35.1 Å². The van der Waals surface area contributed by atoms with Gasteiger partial charge in [0.05, 0.1) is 6.10 Å². The Balaban J connectivity index is 1.57. The summed E-state index contributed by atoms with van der Waals surface area (Å²) in [5.41, 5.74) is 1.28. The second kappa shape index (κ2) is 8.07. The number of hydrogen-bond acceptors (Lipinski definition) is 6. The van der Waals surface area contributed by atoms with E-state index >= 15 is 0 Å². The van der Waals surface area contributed by atoms with Gasteiger partial charge in [0.1, 0.15) is 6.04 Å². The molecule has 3 heterocycles. The molecule has 1 N–H and O–H groups in total. The van der Waals surface area contributed by atoms with Crippen LogP contribution in [0.2, 0.25) is 0 Å². The van der Waals surface area contributed by atoms with E-state index in [1.165, 1.54) is 10.4 Å². The SMILES string of the molecule is OC1CCN([C@H](c2cccs2)c2nnnn2CCc2ccccc2)CC1. The minimum absolute atomic E-state index is 0.0493. The fraction of sp³-hybridized carbons (Fsp3) is 0.421. The molecule has 1 atom stereocenters. The third kappa shape index (κ3) is 3.85. The van der Waals surface area contributed by atoms with Crippen LogP contribution >= 0.6 is 11.3 Å². The van der Waals surface area contributed by atoms with Crippen LogP contribution in [0.5, 0.6) is 0 Å². The lowest BCUT2D eigenvalue weighted by molar-refractivity contribution is 0.0668. The summed E-state index contributed by atoms with van der Waals surface area (Å²) in [5.74, 6) is 0.889. The summed E-state index contributed by atoms with van der Waals surface area (Å²) in [4.78, 5) is 3.64. The highest BCUT2D eigenvalue weighted by atomic mass is 32.1. The van der Waals surface area contributed by atoms with Crippen LogP contribution in [0.15, 0.2) is 47.8 Å². The third-order valence-corrected chi connectivity index (χ3v) is 5.86. The summed E-state index contributed by atoms with van der Waals surface area (Å²) in [7, 11) is 0. The van der Waals surface area contributed by atoms with Gasteiger partial charge in [-0.15, -0.1) is 16.4 Å². The Bertz CT molecular complexity index is 796. The first kappa shape index (κ1) is 17.3. The molecule has 6 nitrogen and oxygen atoms in total. The third-order valence-electron chi connectivity index (χ3n) is 4.94. The number of thiophene rings is 1. The van der Waals surface area contributed by atoms with Gasteiger partial charge < -0.3 is 5.11 Å². The van der Waals surface area contributed by atoms with Gasteiger partial charge in [0.2, 0.25) is 0 Å². The summed E-state index contributed by atoms with van der Waals surface area (Å²) in [6.07, 6.45) is 2.31. The van der Waals surface area contributed by atoms with E-state index in [9.17, 15) is 5.11 Å². The molecule has 7 heteroatoms. The van der Waals surface area contributed by atoms with Gasteiger partial charge in [-0.05, 0) is 46.7 Å².